The molecule has 0 radical (unpaired) electrons. The number of carboxylic acids is 1. The molecule has 2 rings (SSSR count). The van der Waals surface area contributed by atoms with Gasteiger partial charge in [0.1, 0.15) is 0 Å². The normalized spacial score (nSPS) is 11.7. The molecule has 9 nitrogen and oxygen atoms in total. The van der Waals surface area contributed by atoms with Crippen molar-refractivity contribution >= 4 is 34.7 Å². The number of hydrogen-bond donors (Lipinski definition) is 1. The molecule has 190 valence electrons. The van der Waals surface area contributed by atoms with Crippen LogP contribution in [0.4, 0.5) is 0 Å². The van der Waals surface area contributed by atoms with Crippen LogP contribution in [0.2, 0.25) is 0 Å². The van der Waals surface area contributed by atoms with Gasteiger partial charge in [-0.15, -0.1) is 0 Å². The molecule has 0 aliphatic carbocycles. The molecule has 2 aromatic heterocycles. The van der Waals surface area contributed by atoms with E-state index in [4.69, 9.17) is 5.11 Å². The molecule has 0 saturated carbocycles. The summed E-state index contributed by atoms with van der Waals surface area (Å²) in [6, 6.07) is 7.02. The zero-order valence-corrected chi connectivity index (χ0v) is 21.5. The maximum atomic E-state index is 13.1. The monoisotopic (exact) mass is 494 g/mol. The minimum atomic E-state index is -0.946. The van der Waals surface area contributed by atoms with Gasteiger partial charge < -0.3 is 14.9 Å². The van der Waals surface area contributed by atoms with Gasteiger partial charge in [-0.05, 0) is 25.0 Å². The van der Waals surface area contributed by atoms with E-state index in [0.29, 0.717) is 29.8 Å². The number of aliphatic carboxylic acids is 1. The van der Waals surface area contributed by atoms with E-state index in [1.165, 1.54) is 11.5 Å². The molecule has 0 aliphatic rings. The number of nitrogens with zero attached hydrogens (tertiary/aromatic N) is 4. The van der Waals surface area contributed by atoms with Gasteiger partial charge >= 0.3 is 5.97 Å². The molecular formula is C27H34N4O5+2. The fourth-order valence-corrected chi connectivity index (χ4v) is 3.64. The van der Waals surface area contributed by atoms with Gasteiger partial charge in [-0.2, -0.15) is 9.13 Å². The number of pyridine rings is 2. The van der Waals surface area contributed by atoms with Crippen molar-refractivity contribution in [1.29, 1.82) is 0 Å². The van der Waals surface area contributed by atoms with Crippen LogP contribution in [0.15, 0.2) is 61.2 Å². The van der Waals surface area contributed by atoms with Gasteiger partial charge in [0.05, 0.1) is 0 Å². The number of aromatic nitrogens is 2. The number of ketones is 1. The van der Waals surface area contributed by atoms with Crippen LogP contribution >= 0.6 is 0 Å². The highest BCUT2D eigenvalue weighted by atomic mass is 16.4. The number of hydrogen-bond acceptors (Lipinski definition) is 4. The summed E-state index contributed by atoms with van der Waals surface area (Å²) < 4.78 is 3.27. The fourth-order valence-electron chi connectivity index (χ4n) is 3.64. The Morgan fingerprint density at radius 3 is 1.42 bits per heavy atom. The maximum absolute atomic E-state index is 13.1. The zero-order valence-electron chi connectivity index (χ0n) is 21.5. The van der Waals surface area contributed by atoms with E-state index >= 15 is 0 Å². The Balaban J connectivity index is 2.01. The van der Waals surface area contributed by atoms with Crippen molar-refractivity contribution in [1.82, 2.24) is 9.80 Å². The predicted molar refractivity (Wildman–Crippen MR) is 134 cm³/mol. The molecule has 0 aliphatic heterocycles. The zero-order chi connectivity index (χ0) is 26.8. The third kappa shape index (κ3) is 7.69. The van der Waals surface area contributed by atoms with Crippen molar-refractivity contribution < 1.29 is 33.4 Å². The molecule has 0 saturated heterocycles. The van der Waals surface area contributed by atoms with E-state index in [1.807, 2.05) is 0 Å². The summed E-state index contributed by atoms with van der Waals surface area (Å²) in [5.41, 5.74) is 2.46. The molecule has 2 aromatic rings. The van der Waals surface area contributed by atoms with Gasteiger partial charge in [0, 0.05) is 69.5 Å². The molecular weight excluding hydrogens is 460 g/mol. The molecule has 0 atom stereocenters. The Morgan fingerprint density at radius 2 is 1.11 bits per heavy atom. The van der Waals surface area contributed by atoms with Crippen molar-refractivity contribution in [2.75, 3.05) is 27.2 Å². The summed E-state index contributed by atoms with van der Waals surface area (Å²) in [5.74, 6) is -1.26. The van der Waals surface area contributed by atoms with Crippen molar-refractivity contribution in [3.8, 4) is 0 Å². The van der Waals surface area contributed by atoms with Crippen LogP contribution in [0.5, 0.6) is 0 Å². The van der Waals surface area contributed by atoms with Crippen LogP contribution < -0.4 is 9.13 Å². The quantitative estimate of drug-likeness (QED) is 0.375. The minimum absolute atomic E-state index is 0.0450. The Kier molecular flexibility index (Phi) is 10.2. The first-order valence-corrected chi connectivity index (χ1v) is 11.6. The molecule has 36 heavy (non-hydrogen) atoms. The van der Waals surface area contributed by atoms with Crippen LogP contribution in [-0.4, -0.2) is 65.7 Å². The van der Waals surface area contributed by atoms with Crippen LogP contribution in [0.1, 0.15) is 31.9 Å². The lowest BCUT2D eigenvalue weighted by molar-refractivity contribution is -0.685. The number of carbonyl (C=O) groups excluding carboxylic acids is 3. The van der Waals surface area contributed by atoms with E-state index in [1.54, 1.807) is 104 Å². The summed E-state index contributed by atoms with van der Waals surface area (Å²) in [5, 5.41) is 8.91. The third-order valence-electron chi connectivity index (χ3n) is 5.63. The number of rotatable bonds is 11. The average Bonchev–Trinajstić information content (AvgIpc) is 2.84. The summed E-state index contributed by atoms with van der Waals surface area (Å²) in [4.78, 5) is 51.4. The lowest BCUT2D eigenvalue weighted by Crippen LogP contribution is -2.39. The molecule has 2 amide bonds. The number of allylic oxidation sites excluding steroid dienone is 2. The van der Waals surface area contributed by atoms with Gasteiger partial charge in [0.15, 0.2) is 30.6 Å². The van der Waals surface area contributed by atoms with Gasteiger partial charge in [-0.3, -0.25) is 14.4 Å². The predicted octanol–water partition coefficient (Wildman–Crippen LogP) is 1.36. The molecule has 9 heteroatoms. The molecule has 0 bridgehead atoms. The van der Waals surface area contributed by atoms with Crippen molar-refractivity contribution in [2.45, 2.75) is 33.9 Å². The van der Waals surface area contributed by atoms with Crippen molar-refractivity contribution in [3.63, 3.8) is 0 Å². The van der Waals surface area contributed by atoms with Crippen LogP contribution in [0.25, 0.3) is 11.1 Å². The molecule has 0 fully saturated rings. The number of likely N-dealkylation sites (N-methyl/N-ethyl adjacent to an activating group) is 2. The van der Waals surface area contributed by atoms with E-state index in [2.05, 4.69) is 0 Å². The number of Topliss-reactive ketones (excluding diaryl/α,β-unsaturated/α-hetero) is 1. The number of amides is 2. The lowest BCUT2D eigenvalue weighted by atomic mass is 10.1. The molecule has 1 N–H and O–H groups in total. The number of carbonyl (C=O) groups is 4. The Bertz CT molecular complexity index is 1070. The largest absolute Gasteiger partial charge is 0.477 e. The smallest absolute Gasteiger partial charge is 0.370 e. The number of carboxylic acid groups (broad SMARTS) is 1. The molecule has 0 aromatic carbocycles. The second-order valence-corrected chi connectivity index (χ2v) is 8.47. The van der Waals surface area contributed by atoms with Crippen LogP contribution in [0, 0.1) is 0 Å². The highest BCUT2D eigenvalue weighted by molar-refractivity contribution is 6.20. The SMILES string of the molecule is C/C=C(\C(=O)N(C)CCN(C)C(=O)/C(=C\C)c1cc[n+](CC(=O)O)cc1)c1cc[n+](CC(C)=O)cc1. The summed E-state index contributed by atoms with van der Waals surface area (Å²) in [7, 11) is 3.37. The standard InChI is InChI=1S/C27H33N4O5/c1-6-23(21-8-12-30(13-9-21)18-20(3)32)26(35)28(4)16-17-29(5)27(36)24(7-2)22-10-14-31(15-11-22)19-25(33)34/h6-15H,16-19H2,1-5H3/q+1/p+1/b23-6-,24-7-. The van der Waals surface area contributed by atoms with E-state index < -0.39 is 5.97 Å². The second-order valence-electron chi connectivity index (χ2n) is 8.47. The Morgan fingerprint density at radius 1 is 0.750 bits per heavy atom. The van der Waals surface area contributed by atoms with Crippen molar-refractivity contribution in [3.05, 3.63) is 72.3 Å². The van der Waals surface area contributed by atoms with Crippen LogP contribution in [-0.2, 0) is 32.3 Å². The van der Waals surface area contributed by atoms with Gasteiger partial charge in [0.2, 0.25) is 13.1 Å². The lowest BCUT2D eigenvalue weighted by Gasteiger charge is -2.24. The first kappa shape index (κ1) is 28.1. The summed E-state index contributed by atoms with van der Waals surface area (Å²) in [6.07, 6.45) is 10.3. The average molecular weight is 495 g/mol. The molecule has 0 unspecified atom stereocenters. The van der Waals surface area contributed by atoms with Crippen molar-refractivity contribution in [2.24, 2.45) is 0 Å². The highest BCUT2D eigenvalue weighted by Gasteiger charge is 2.21. The van der Waals surface area contributed by atoms with Gasteiger partial charge in [-0.25, -0.2) is 4.79 Å². The molecule has 2 heterocycles. The fraction of sp³-hybridized carbons (Fsp3) is 0.333. The third-order valence-corrected chi connectivity index (χ3v) is 5.63. The van der Waals surface area contributed by atoms with Gasteiger partial charge in [-0.1, -0.05) is 12.2 Å². The first-order valence-electron chi connectivity index (χ1n) is 11.6. The van der Waals surface area contributed by atoms with E-state index in [0.717, 1.165) is 5.56 Å². The maximum Gasteiger partial charge on any atom is 0.370 e. The first-order chi connectivity index (χ1) is 17.1. The van der Waals surface area contributed by atoms with E-state index in [-0.39, 0.29) is 30.7 Å². The second kappa shape index (κ2) is 13.1. The summed E-state index contributed by atoms with van der Waals surface area (Å²) in [6.45, 7) is 5.87. The topological polar surface area (TPSA) is 103 Å². The van der Waals surface area contributed by atoms with Gasteiger partial charge in [0.25, 0.3) is 11.8 Å². The van der Waals surface area contributed by atoms with Crippen LogP contribution in [0.3, 0.4) is 0 Å². The Labute approximate surface area is 211 Å². The highest BCUT2D eigenvalue weighted by Crippen LogP contribution is 2.17. The Hall–Kier alpha value is -4.14. The molecule has 0 spiro atoms. The van der Waals surface area contributed by atoms with E-state index in [9.17, 15) is 19.2 Å². The summed E-state index contributed by atoms with van der Waals surface area (Å²) >= 11 is 0. The minimum Gasteiger partial charge on any atom is -0.477 e.